The monoisotopic (exact) mass is 361 g/mol. The number of hydrogen-bond donors (Lipinski definition) is 1. The van der Waals surface area contributed by atoms with Gasteiger partial charge in [0.2, 0.25) is 5.91 Å². The zero-order chi connectivity index (χ0) is 18.6. The fraction of sp³-hybridized carbons (Fsp3) is 0.182. The average Bonchev–Trinajstić information content (AvgIpc) is 2.72. The number of fused-ring (bicyclic) bond motifs is 2. The van der Waals surface area contributed by atoms with Gasteiger partial charge in [0.25, 0.3) is 0 Å². The lowest BCUT2D eigenvalue weighted by molar-refractivity contribution is -0.116. The standard InChI is InChI=1S/C22H19NO4/c24-19(16-8-10-20-21(14-16)27-13-12-26-20)9-11-22(25)23-18-7-3-5-15-4-1-2-6-17(15)18/h1-8,10,14H,9,11-13H2,(H,23,25). The molecule has 0 saturated carbocycles. The van der Waals surface area contributed by atoms with E-state index in [0.717, 1.165) is 16.5 Å². The number of benzene rings is 3. The lowest BCUT2D eigenvalue weighted by atomic mass is 10.1. The Morgan fingerprint density at radius 3 is 2.52 bits per heavy atom. The highest BCUT2D eigenvalue weighted by molar-refractivity contribution is 6.04. The molecule has 0 aromatic heterocycles. The summed E-state index contributed by atoms with van der Waals surface area (Å²) in [4.78, 5) is 24.7. The van der Waals surface area contributed by atoms with Crippen LogP contribution in [0.4, 0.5) is 5.69 Å². The van der Waals surface area contributed by atoms with Gasteiger partial charge in [-0.05, 0) is 29.7 Å². The molecular formula is C22H19NO4. The molecule has 0 unspecified atom stereocenters. The predicted octanol–water partition coefficient (Wildman–Crippen LogP) is 4.21. The summed E-state index contributed by atoms with van der Waals surface area (Å²) in [6, 6.07) is 18.7. The molecule has 0 aliphatic carbocycles. The van der Waals surface area contributed by atoms with E-state index in [-0.39, 0.29) is 24.5 Å². The van der Waals surface area contributed by atoms with Crippen molar-refractivity contribution in [3.8, 4) is 11.5 Å². The third-order valence-corrected chi connectivity index (χ3v) is 4.51. The van der Waals surface area contributed by atoms with Crippen LogP contribution in [-0.2, 0) is 4.79 Å². The quantitative estimate of drug-likeness (QED) is 0.691. The van der Waals surface area contributed by atoms with Gasteiger partial charge in [-0.2, -0.15) is 0 Å². The van der Waals surface area contributed by atoms with Crippen molar-refractivity contribution in [2.24, 2.45) is 0 Å². The molecule has 0 bridgehead atoms. The molecule has 1 N–H and O–H groups in total. The number of anilines is 1. The maximum Gasteiger partial charge on any atom is 0.224 e. The fourth-order valence-electron chi connectivity index (χ4n) is 3.14. The van der Waals surface area contributed by atoms with Gasteiger partial charge in [0.15, 0.2) is 17.3 Å². The lowest BCUT2D eigenvalue weighted by Crippen LogP contribution is -2.16. The van der Waals surface area contributed by atoms with Crippen molar-refractivity contribution in [2.45, 2.75) is 12.8 Å². The summed E-state index contributed by atoms with van der Waals surface area (Å²) in [6.45, 7) is 0.979. The van der Waals surface area contributed by atoms with Gasteiger partial charge in [0.05, 0.1) is 0 Å². The van der Waals surface area contributed by atoms with Gasteiger partial charge in [-0.1, -0.05) is 36.4 Å². The van der Waals surface area contributed by atoms with Crippen LogP contribution in [0.5, 0.6) is 11.5 Å². The third kappa shape index (κ3) is 3.77. The van der Waals surface area contributed by atoms with Crippen LogP contribution in [0.25, 0.3) is 10.8 Å². The summed E-state index contributed by atoms with van der Waals surface area (Å²) in [5.41, 5.74) is 1.28. The summed E-state index contributed by atoms with van der Waals surface area (Å²) < 4.78 is 11.0. The highest BCUT2D eigenvalue weighted by atomic mass is 16.6. The van der Waals surface area contributed by atoms with Crippen LogP contribution in [0, 0.1) is 0 Å². The zero-order valence-corrected chi connectivity index (χ0v) is 14.7. The zero-order valence-electron chi connectivity index (χ0n) is 14.7. The van der Waals surface area contributed by atoms with Crippen LogP contribution >= 0.6 is 0 Å². The largest absolute Gasteiger partial charge is 0.486 e. The topological polar surface area (TPSA) is 64.6 Å². The average molecular weight is 361 g/mol. The van der Waals surface area contributed by atoms with Crippen molar-refractivity contribution in [3.63, 3.8) is 0 Å². The van der Waals surface area contributed by atoms with Crippen molar-refractivity contribution in [3.05, 3.63) is 66.2 Å². The Labute approximate surface area is 156 Å². The second-order valence-corrected chi connectivity index (χ2v) is 6.36. The molecule has 4 rings (SSSR count). The van der Waals surface area contributed by atoms with Gasteiger partial charge in [-0.3, -0.25) is 9.59 Å². The van der Waals surface area contributed by atoms with E-state index in [9.17, 15) is 9.59 Å². The Morgan fingerprint density at radius 2 is 1.63 bits per heavy atom. The molecule has 3 aromatic carbocycles. The molecule has 0 radical (unpaired) electrons. The first-order chi connectivity index (χ1) is 13.2. The highest BCUT2D eigenvalue weighted by Crippen LogP contribution is 2.31. The summed E-state index contributed by atoms with van der Waals surface area (Å²) in [5, 5.41) is 4.94. The minimum absolute atomic E-state index is 0.0972. The molecule has 1 aliphatic rings. The minimum Gasteiger partial charge on any atom is -0.486 e. The molecule has 1 aliphatic heterocycles. The summed E-state index contributed by atoms with van der Waals surface area (Å²) in [5.74, 6) is 0.941. The molecule has 0 saturated heterocycles. The van der Waals surface area contributed by atoms with Crippen LogP contribution < -0.4 is 14.8 Å². The maximum atomic E-state index is 12.4. The molecule has 1 heterocycles. The third-order valence-electron chi connectivity index (χ3n) is 4.51. The minimum atomic E-state index is -0.183. The lowest BCUT2D eigenvalue weighted by Gasteiger charge is -2.18. The Hall–Kier alpha value is -3.34. The molecule has 27 heavy (non-hydrogen) atoms. The van der Waals surface area contributed by atoms with Gasteiger partial charge < -0.3 is 14.8 Å². The first-order valence-electron chi connectivity index (χ1n) is 8.91. The number of amides is 1. The molecule has 3 aromatic rings. The summed E-state index contributed by atoms with van der Waals surface area (Å²) in [7, 11) is 0. The first-order valence-corrected chi connectivity index (χ1v) is 8.91. The normalized spacial score (nSPS) is 12.6. The molecule has 5 nitrogen and oxygen atoms in total. The van der Waals surface area contributed by atoms with Crippen LogP contribution in [-0.4, -0.2) is 24.9 Å². The molecule has 0 atom stereocenters. The molecule has 5 heteroatoms. The van der Waals surface area contributed by atoms with Gasteiger partial charge >= 0.3 is 0 Å². The summed E-state index contributed by atoms with van der Waals surface area (Å²) >= 11 is 0. The molecule has 136 valence electrons. The van der Waals surface area contributed by atoms with E-state index >= 15 is 0 Å². The molecule has 1 amide bonds. The van der Waals surface area contributed by atoms with E-state index in [0.29, 0.717) is 30.3 Å². The van der Waals surface area contributed by atoms with Crippen molar-refractivity contribution in [1.82, 2.24) is 0 Å². The Morgan fingerprint density at radius 1 is 0.852 bits per heavy atom. The first kappa shape index (κ1) is 17.1. The van der Waals surface area contributed by atoms with Gasteiger partial charge in [-0.25, -0.2) is 0 Å². The second kappa shape index (κ2) is 7.50. The van der Waals surface area contributed by atoms with Gasteiger partial charge in [-0.15, -0.1) is 0 Å². The molecule has 0 spiro atoms. The van der Waals surface area contributed by atoms with Crippen molar-refractivity contribution in [2.75, 3.05) is 18.5 Å². The second-order valence-electron chi connectivity index (χ2n) is 6.36. The van der Waals surface area contributed by atoms with Crippen LogP contribution in [0.15, 0.2) is 60.7 Å². The van der Waals surface area contributed by atoms with E-state index in [1.54, 1.807) is 18.2 Å². The molecular weight excluding hydrogens is 342 g/mol. The van der Waals surface area contributed by atoms with E-state index < -0.39 is 0 Å². The van der Waals surface area contributed by atoms with Gasteiger partial charge in [0.1, 0.15) is 13.2 Å². The Kier molecular flexibility index (Phi) is 4.75. The van der Waals surface area contributed by atoms with Crippen LogP contribution in [0.1, 0.15) is 23.2 Å². The summed E-state index contributed by atoms with van der Waals surface area (Å²) in [6.07, 6.45) is 0.257. The number of Topliss-reactive ketones (excluding diaryl/α,β-unsaturated/α-hetero) is 1. The number of carbonyl (C=O) groups is 2. The smallest absolute Gasteiger partial charge is 0.224 e. The van der Waals surface area contributed by atoms with Gasteiger partial charge in [0, 0.05) is 29.5 Å². The number of nitrogens with one attached hydrogen (secondary N) is 1. The fourth-order valence-corrected chi connectivity index (χ4v) is 3.14. The number of hydrogen-bond acceptors (Lipinski definition) is 4. The van der Waals surface area contributed by atoms with E-state index in [1.807, 2.05) is 42.5 Å². The highest BCUT2D eigenvalue weighted by Gasteiger charge is 2.16. The van der Waals surface area contributed by atoms with E-state index in [4.69, 9.17) is 9.47 Å². The Balaban J connectivity index is 1.39. The molecule has 0 fully saturated rings. The van der Waals surface area contributed by atoms with Crippen molar-refractivity contribution < 1.29 is 19.1 Å². The van der Waals surface area contributed by atoms with Crippen molar-refractivity contribution >= 4 is 28.2 Å². The van der Waals surface area contributed by atoms with Crippen LogP contribution in [0.3, 0.4) is 0 Å². The SMILES string of the molecule is O=C(CCC(=O)c1ccc2c(c1)OCCO2)Nc1cccc2ccccc12. The number of ether oxygens (including phenoxy) is 2. The maximum absolute atomic E-state index is 12.4. The van der Waals surface area contributed by atoms with Crippen molar-refractivity contribution in [1.29, 1.82) is 0 Å². The number of ketones is 1. The predicted molar refractivity (Wildman–Crippen MR) is 104 cm³/mol. The van der Waals surface area contributed by atoms with Crippen LogP contribution in [0.2, 0.25) is 0 Å². The van der Waals surface area contributed by atoms with E-state index in [2.05, 4.69) is 5.32 Å². The number of carbonyl (C=O) groups excluding carboxylic acids is 2. The Bertz CT molecular complexity index is 1010. The number of rotatable bonds is 5. The van der Waals surface area contributed by atoms with E-state index in [1.165, 1.54) is 0 Å².